The normalized spacial score (nSPS) is 12.9. The minimum atomic E-state index is -0.591. The number of rotatable bonds is 5. The lowest BCUT2D eigenvalue weighted by Crippen LogP contribution is -2.30. The number of benzene rings is 1. The molecule has 0 aromatic heterocycles. The van der Waals surface area contributed by atoms with Gasteiger partial charge in [0.05, 0.1) is 0 Å². The number of carbonyl (C=O) groups is 1. The van der Waals surface area contributed by atoms with Crippen LogP contribution in [-0.4, -0.2) is 12.0 Å². The minimum absolute atomic E-state index is 0.450. The molecule has 0 aliphatic rings. The Morgan fingerprint density at radius 3 is 2.44 bits per heavy atom. The number of carbonyl (C=O) groups excluding carboxylic acids is 1. The Hall–Kier alpha value is -1.51. The monoisotopic (exact) mass is 251 g/mol. The zero-order valence-corrected chi connectivity index (χ0v) is 12.1. The van der Waals surface area contributed by atoms with Gasteiger partial charge in [-0.2, -0.15) is 0 Å². The van der Waals surface area contributed by atoms with Gasteiger partial charge >= 0.3 is 0 Å². The second-order valence-electron chi connectivity index (χ2n) is 4.04. The van der Waals surface area contributed by atoms with E-state index in [1.54, 1.807) is 6.92 Å². The number of hydrogen-bond acceptors (Lipinski definition) is 2. The van der Waals surface area contributed by atoms with Crippen LogP contribution < -0.4 is 10.5 Å². The number of hydrogen-bond donors (Lipinski definition) is 1. The van der Waals surface area contributed by atoms with Crippen LogP contribution in [0.25, 0.3) is 0 Å². The molecular formula is C15H25NO2. The summed E-state index contributed by atoms with van der Waals surface area (Å²) in [6.45, 7) is 9.96. The largest absolute Gasteiger partial charge is 0.481 e. The van der Waals surface area contributed by atoms with Crippen LogP contribution in [0.2, 0.25) is 0 Å². The molecule has 0 bridgehead atoms. The van der Waals surface area contributed by atoms with Crippen molar-refractivity contribution in [2.45, 2.75) is 53.1 Å². The van der Waals surface area contributed by atoms with Crippen LogP contribution in [-0.2, 0) is 4.79 Å². The van der Waals surface area contributed by atoms with Gasteiger partial charge in [0.2, 0.25) is 0 Å². The molecule has 102 valence electrons. The van der Waals surface area contributed by atoms with Crippen molar-refractivity contribution in [3.8, 4) is 5.75 Å². The van der Waals surface area contributed by atoms with Crippen molar-refractivity contribution in [2.24, 2.45) is 5.73 Å². The van der Waals surface area contributed by atoms with Gasteiger partial charge in [-0.3, -0.25) is 4.79 Å². The third-order valence-corrected chi connectivity index (χ3v) is 2.75. The molecule has 3 heteroatoms. The summed E-state index contributed by atoms with van der Waals surface area (Å²) in [5, 5.41) is 0. The van der Waals surface area contributed by atoms with Gasteiger partial charge in [-0.15, -0.1) is 0 Å². The van der Waals surface area contributed by atoms with Gasteiger partial charge in [0, 0.05) is 0 Å². The van der Waals surface area contributed by atoms with E-state index in [0.29, 0.717) is 11.7 Å². The van der Waals surface area contributed by atoms with E-state index in [4.69, 9.17) is 10.5 Å². The zero-order valence-electron chi connectivity index (χ0n) is 12.1. The lowest BCUT2D eigenvalue weighted by atomic mass is 9.99. The van der Waals surface area contributed by atoms with Gasteiger partial charge in [-0.25, -0.2) is 0 Å². The van der Waals surface area contributed by atoms with E-state index in [1.165, 1.54) is 5.56 Å². The SMILES string of the molecule is CC.CCC(C)c1cccc(OC(C)C(N)=O)c1. The Morgan fingerprint density at radius 2 is 1.94 bits per heavy atom. The summed E-state index contributed by atoms with van der Waals surface area (Å²) in [7, 11) is 0. The van der Waals surface area contributed by atoms with Crippen molar-refractivity contribution < 1.29 is 9.53 Å². The maximum absolute atomic E-state index is 10.9. The predicted molar refractivity (Wildman–Crippen MR) is 75.8 cm³/mol. The van der Waals surface area contributed by atoms with Crippen LogP contribution >= 0.6 is 0 Å². The molecule has 1 rings (SSSR count). The molecule has 0 saturated carbocycles. The van der Waals surface area contributed by atoms with Gasteiger partial charge in [-0.05, 0) is 37.0 Å². The second-order valence-corrected chi connectivity index (χ2v) is 4.04. The molecule has 0 fully saturated rings. The van der Waals surface area contributed by atoms with Gasteiger partial charge < -0.3 is 10.5 Å². The highest BCUT2D eigenvalue weighted by atomic mass is 16.5. The molecule has 0 radical (unpaired) electrons. The van der Waals surface area contributed by atoms with E-state index in [-0.39, 0.29) is 0 Å². The molecule has 0 spiro atoms. The van der Waals surface area contributed by atoms with Crippen molar-refractivity contribution >= 4 is 5.91 Å². The lowest BCUT2D eigenvalue weighted by molar-refractivity contribution is -0.123. The van der Waals surface area contributed by atoms with Crippen LogP contribution in [0.3, 0.4) is 0 Å². The number of ether oxygens (including phenoxy) is 1. The number of primary amides is 1. The summed E-state index contributed by atoms with van der Waals surface area (Å²) in [6.07, 6.45) is 0.488. The summed E-state index contributed by atoms with van der Waals surface area (Å²) in [5.74, 6) is 0.741. The molecule has 1 amide bonds. The third-order valence-electron chi connectivity index (χ3n) is 2.75. The molecule has 0 aliphatic carbocycles. The second kappa shape index (κ2) is 8.56. The van der Waals surface area contributed by atoms with Crippen molar-refractivity contribution in [2.75, 3.05) is 0 Å². The van der Waals surface area contributed by atoms with Gasteiger partial charge in [0.15, 0.2) is 6.10 Å². The van der Waals surface area contributed by atoms with E-state index in [1.807, 2.05) is 32.0 Å². The number of amides is 1. The number of nitrogens with two attached hydrogens (primary N) is 1. The Morgan fingerprint density at radius 1 is 1.33 bits per heavy atom. The third kappa shape index (κ3) is 5.21. The molecule has 2 unspecified atom stereocenters. The maximum Gasteiger partial charge on any atom is 0.258 e. The summed E-state index contributed by atoms with van der Waals surface area (Å²) >= 11 is 0. The fourth-order valence-corrected chi connectivity index (χ4v) is 1.39. The van der Waals surface area contributed by atoms with Gasteiger partial charge in [-0.1, -0.05) is 39.8 Å². The molecule has 3 nitrogen and oxygen atoms in total. The summed E-state index contributed by atoms with van der Waals surface area (Å²) in [5.41, 5.74) is 6.36. The van der Waals surface area contributed by atoms with E-state index in [9.17, 15) is 4.79 Å². The quantitative estimate of drug-likeness (QED) is 0.871. The molecule has 0 saturated heterocycles. The summed E-state index contributed by atoms with van der Waals surface area (Å²) < 4.78 is 5.44. The van der Waals surface area contributed by atoms with Crippen LogP contribution in [0.1, 0.15) is 52.5 Å². The Kier molecular flexibility index (Phi) is 7.84. The molecule has 0 aliphatic heterocycles. The minimum Gasteiger partial charge on any atom is -0.481 e. The Balaban J connectivity index is 0.00000137. The Labute approximate surface area is 110 Å². The topological polar surface area (TPSA) is 52.3 Å². The molecule has 1 aromatic rings. The Bertz CT molecular complexity index is 363. The van der Waals surface area contributed by atoms with Gasteiger partial charge in [0.25, 0.3) is 5.91 Å². The molecule has 2 atom stereocenters. The molecule has 18 heavy (non-hydrogen) atoms. The van der Waals surface area contributed by atoms with Gasteiger partial charge in [0.1, 0.15) is 5.75 Å². The summed E-state index contributed by atoms with van der Waals surface area (Å²) in [6, 6.07) is 7.80. The molecule has 0 heterocycles. The van der Waals surface area contributed by atoms with Crippen molar-refractivity contribution in [1.82, 2.24) is 0 Å². The molecule has 2 N–H and O–H groups in total. The zero-order chi connectivity index (χ0) is 14.1. The molecule has 1 aromatic carbocycles. The van der Waals surface area contributed by atoms with Crippen LogP contribution in [0.5, 0.6) is 5.75 Å². The van der Waals surface area contributed by atoms with E-state index < -0.39 is 12.0 Å². The lowest BCUT2D eigenvalue weighted by Gasteiger charge is -2.14. The van der Waals surface area contributed by atoms with E-state index in [2.05, 4.69) is 19.9 Å². The van der Waals surface area contributed by atoms with E-state index in [0.717, 1.165) is 6.42 Å². The first-order valence-corrected chi connectivity index (χ1v) is 6.60. The first-order valence-electron chi connectivity index (χ1n) is 6.60. The van der Waals surface area contributed by atoms with Crippen molar-refractivity contribution in [3.05, 3.63) is 29.8 Å². The van der Waals surface area contributed by atoms with Crippen molar-refractivity contribution in [3.63, 3.8) is 0 Å². The molecular weight excluding hydrogens is 226 g/mol. The first kappa shape index (κ1) is 16.5. The average Bonchev–Trinajstić information content (AvgIpc) is 2.40. The predicted octanol–water partition coefficient (Wildman–Crippen LogP) is 3.48. The van der Waals surface area contributed by atoms with Crippen molar-refractivity contribution in [1.29, 1.82) is 0 Å². The maximum atomic E-state index is 10.9. The highest BCUT2D eigenvalue weighted by Crippen LogP contribution is 2.23. The fourth-order valence-electron chi connectivity index (χ4n) is 1.39. The van der Waals surface area contributed by atoms with E-state index >= 15 is 0 Å². The fraction of sp³-hybridized carbons (Fsp3) is 0.533. The summed E-state index contributed by atoms with van der Waals surface area (Å²) in [4.78, 5) is 10.9. The average molecular weight is 251 g/mol. The standard InChI is InChI=1S/C13H19NO2.C2H6/c1-4-9(2)11-6-5-7-12(8-11)16-10(3)13(14)15;1-2/h5-10H,4H2,1-3H3,(H2,14,15);1-2H3. The van der Waals surface area contributed by atoms with Crippen LogP contribution in [0.15, 0.2) is 24.3 Å². The highest BCUT2D eigenvalue weighted by Gasteiger charge is 2.11. The van der Waals surface area contributed by atoms with Crippen LogP contribution in [0.4, 0.5) is 0 Å². The smallest absolute Gasteiger partial charge is 0.258 e. The highest BCUT2D eigenvalue weighted by molar-refractivity contribution is 5.78. The van der Waals surface area contributed by atoms with Crippen LogP contribution in [0, 0.1) is 0 Å². The first-order chi connectivity index (χ1) is 8.54.